The molecule has 1 fully saturated rings. The largest absolute Gasteiger partial charge is 0.427 e. The number of rotatable bonds is 6. The second-order valence-electron chi connectivity index (χ2n) is 4.48. The average molecular weight is 230 g/mol. The van der Waals surface area contributed by atoms with Gasteiger partial charge in [0.15, 0.2) is 0 Å². The van der Waals surface area contributed by atoms with Gasteiger partial charge in [-0.05, 0) is 24.3 Å². The highest BCUT2D eigenvalue weighted by Gasteiger charge is 2.34. The first-order valence-electron chi connectivity index (χ1n) is 5.96. The smallest absolute Gasteiger partial charge is 0.395 e. The number of hydrogen-bond donors (Lipinski definition) is 1. The highest BCUT2D eigenvalue weighted by Crippen LogP contribution is 2.41. The normalized spacial score (nSPS) is 22.9. The van der Waals surface area contributed by atoms with Crippen LogP contribution < -0.4 is 5.23 Å². The molecule has 0 unspecified atom stereocenters. The summed E-state index contributed by atoms with van der Waals surface area (Å²) in [6.45, 7) is 0.375. The monoisotopic (exact) mass is 230 g/mol. The van der Waals surface area contributed by atoms with Crippen LogP contribution in [0.5, 0.6) is 0 Å². The maximum Gasteiger partial charge on any atom is 0.395 e. The molecule has 0 amide bonds. The van der Waals surface area contributed by atoms with Crippen LogP contribution in [0.4, 0.5) is 0 Å². The molecule has 0 bridgehead atoms. The molecule has 0 aliphatic heterocycles. The number of carbonyl (C=O) groups excluding carboxylic acids is 1. The topological polar surface area (TPSA) is 38.3 Å². The van der Waals surface area contributed by atoms with E-state index in [1.165, 1.54) is 13.2 Å². The van der Waals surface area contributed by atoms with Crippen molar-refractivity contribution in [2.45, 2.75) is 18.8 Å². The van der Waals surface area contributed by atoms with Crippen LogP contribution in [0.2, 0.25) is 0 Å². The summed E-state index contributed by atoms with van der Waals surface area (Å²) in [5.41, 5.74) is 1.35. The maximum atomic E-state index is 11.7. The van der Waals surface area contributed by atoms with Gasteiger partial charge in [-0.15, -0.1) is 0 Å². The molecule has 1 aliphatic carbocycles. The zero-order valence-electron chi connectivity index (χ0n) is 10.1. The lowest BCUT2D eigenvalue weighted by Crippen LogP contribution is -2.37. The molecule has 0 atom stereocenters. The Labute approximate surface area is 103 Å². The Morgan fingerprint density at radius 2 is 2.12 bits per heavy atom. The van der Waals surface area contributed by atoms with Crippen LogP contribution in [0.25, 0.3) is 0 Å². The minimum atomic E-state index is 0.220. The number of hydrogen-bond acceptors (Lipinski definition) is 3. The molecule has 0 spiro atoms. The van der Waals surface area contributed by atoms with E-state index in [2.05, 4.69) is 29.5 Å². The van der Waals surface area contributed by atoms with Gasteiger partial charge >= 0.3 is 7.62 Å². The molecule has 1 radical (unpaired) electrons. The van der Waals surface area contributed by atoms with Crippen molar-refractivity contribution in [3.8, 4) is 0 Å². The van der Waals surface area contributed by atoms with E-state index in [0.717, 1.165) is 12.8 Å². The lowest BCUT2D eigenvalue weighted by Gasteiger charge is -2.34. The molecule has 1 aromatic carbocycles. The number of Topliss-reactive ketones (excluding diaryl/α,β-unsaturated/α-hetero) is 1. The van der Waals surface area contributed by atoms with E-state index in [1.54, 1.807) is 7.11 Å². The van der Waals surface area contributed by atoms with Crippen molar-refractivity contribution >= 4 is 13.4 Å². The molecular formula is C13H17BNO2. The van der Waals surface area contributed by atoms with Gasteiger partial charge in [-0.25, -0.2) is 0 Å². The van der Waals surface area contributed by atoms with Crippen molar-refractivity contribution in [3.63, 3.8) is 0 Å². The highest BCUT2D eigenvalue weighted by molar-refractivity contribution is 6.24. The third kappa shape index (κ3) is 3.17. The first kappa shape index (κ1) is 12.3. The fraction of sp³-hybridized carbons (Fsp3) is 0.462. The van der Waals surface area contributed by atoms with Gasteiger partial charge in [-0.3, -0.25) is 4.79 Å². The van der Waals surface area contributed by atoms with Crippen molar-refractivity contribution < 1.29 is 9.45 Å². The summed E-state index contributed by atoms with van der Waals surface area (Å²) >= 11 is 0. The molecule has 0 heterocycles. The Balaban J connectivity index is 1.73. The van der Waals surface area contributed by atoms with E-state index in [1.807, 2.05) is 6.07 Å². The van der Waals surface area contributed by atoms with Crippen LogP contribution in [0.3, 0.4) is 0 Å². The molecule has 1 aliphatic rings. The minimum absolute atomic E-state index is 0.220. The lowest BCUT2D eigenvalue weighted by molar-refractivity contribution is -0.124. The summed E-state index contributed by atoms with van der Waals surface area (Å²) in [7, 11) is 3.01. The molecule has 4 heteroatoms. The summed E-state index contributed by atoms with van der Waals surface area (Å²) in [6, 6.07) is 10.4. The third-order valence-electron chi connectivity index (χ3n) is 3.34. The fourth-order valence-electron chi connectivity index (χ4n) is 2.25. The first-order valence-corrected chi connectivity index (χ1v) is 5.96. The van der Waals surface area contributed by atoms with E-state index in [4.69, 9.17) is 4.65 Å². The van der Waals surface area contributed by atoms with Gasteiger partial charge in [0, 0.05) is 19.6 Å². The van der Waals surface area contributed by atoms with Crippen LogP contribution in [-0.4, -0.2) is 27.1 Å². The first-order chi connectivity index (χ1) is 8.31. The standard InChI is InChI=1S/C13H17BNO2/c1-17-14-15-9-13(16)12-7-11(8-12)10-5-3-2-4-6-10/h2-6,11-12,15H,7-9H2,1H3. The predicted octanol–water partition coefficient (Wildman–Crippen LogP) is 1.52. The molecular weight excluding hydrogens is 213 g/mol. The molecule has 89 valence electrons. The average Bonchev–Trinajstić information content (AvgIpc) is 2.29. The number of carbonyl (C=O) groups is 1. The molecule has 1 saturated carbocycles. The summed E-state index contributed by atoms with van der Waals surface area (Å²) in [5.74, 6) is 1.07. The minimum Gasteiger partial charge on any atom is -0.427 e. The summed E-state index contributed by atoms with van der Waals surface area (Å²) in [4.78, 5) is 11.7. The summed E-state index contributed by atoms with van der Waals surface area (Å²) in [5, 5.41) is 2.84. The van der Waals surface area contributed by atoms with Gasteiger partial charge in [0.05, 0.1) is 0 Å². The Kier molecular flexibility index (Phi) is 4.34. The number of nitrogens with one attached hydrogen (secondary N) is 1. The van der Waals surface area contributed by atoms with Crippen molar-refractivity contribution in [1.29, 1.82) is 0 Å². The highest BCUT2D eigenvalue weighted by atomic mass is 16.4. The van der Waals surface area contributed by atoms with Crippen LogP contribution in [-0.2, 0) is 9.45 Å². The lowest BCUT2D eigenvalue weighted by atomic mass is 9.69. The predicted molar refractivity (Wildman–Crippen MR) is 67.7 cm³/mol. The van der Waals surface area contributed by atoms with Gasteiger partial charge in [0.25, 0.3) is 0 Å². The van der Waals surface area contributed by atoms with Gasteiger partial charge in [0.2, 0.25) is 0 Å². The Hall–Kier alpha value is -1.13. The van der Waals surface area contributed by atoms with E-state index in [-0.39, 0.29) is 11.7 Å². The van der Waals surface area contributed by atoms with Gasteiger partial charge in [-0.1, -0.05) is 30.3 Å². The second-order valence-corrected chi connectivity index (χ2v) is 4.48. The second kappa shape index (κ2) is 5.98. The number of benzene rings is 1. The van der Waals surface area contributed by atoms with E-state index in [0.29, 0.717) is 12.5 Å². The summed E-state index contributed by atoms with van der Waals surface area (Å²) in [6.07, 6.45) is 1.97. The van der Waals surface area contributed by atoms with Crippen molar-refractivity contribution in [1.82, 2.24) is 5.23 Å². The fourth-order valence-corrected chi connectivity index (χ4v) is 2.25. The molecule has 2 rings (SSSR count). The zero-order valence-corrected chi connectivity index (χ0v) is 10.1. The van der Waals surface area contributed by atoms with Crippen molar-refractivity contribution in [2.75, 3.05) is 13.7 Å². The van der Waals surface area contributed by atoms with Crippen LogP contribution in [0.15, 0.2) is 30.3 Å². The third-order valence-corrected chi connectivity index (χ3v) is 3.34. The Morgan fingerprint density at radius 3 is 2.76 bits per heavy atom. The van der Waals surface area contributed by atoms with Gasteiger partial charge in [0.1, 0.15) is 5.78 Å². The van der Waals surface area contributed by atoms with Crippen LogP contribution >= 0.6 is 0 Å². The van der Waals surface area contributed by atoms with Crippen molar-refractivity contribution in [3.05, 3.63) is 35.9 Å². The molecule has 1 N–H and O–H groups in total. The quantitative estimate of drug-likeness (QED) is 0.594. The molecule has 0 aromatic heterocycles. The number of ketones is 1. The summed E-state index contributed by atoms with van der Waals surface area (Å²) < 4.78 is 4.73. The van der Waals surface area contributed by atoms with E-state index < -0.39 is 0 Å². The van der Waals surface area contributed by atoms with Gasteiger partial charge in [-0.2, -0.15) is 0 Å². The Morgan fingerprint density at radius 1 is 1.41 bits per heavy atom. The molecule has 1 aromatic rings. The van der Waals surface area contributed by atoms with Crippen molar-refractivity contribution in [2.24, 2.45) is 5.92 Å². The van der Waals surface area contributed by atoms with Gasteiger partial charge < -0.3 is 9.88 Å². The van der Waals surface area contributed by atoms with Crippen LogP contribution in [0, 0.1) is 5.92 Å². The van der Waals surface area contributed by atoms with E-state index in [9.17, 15) is 4.79 Å². The zero-order chi connectivity index (χ0) is 12.1. The maximum absolute atomic E-state index is 11.7. The molecule has 3 nitrogen and oxygen atoms in total. The molecule has 0 saturated heterocycles. The van der Waals surface area contributed by atoms with E-state index >= 15 is 0 Å². The molecule has 17 heavy (non-hydrogen) atoms. The Bertz CT molecular complexity index is 363. The van der Waals surface area contributed by atoms with Crippen LogP contribution in [0.1, 0.15) is 24.3 Å². The SMILES string of the molecule is CO[B]NCC(=O)C1CC(c2ccccc2)C1.